The number of benzene rings is 1. The third kappa shape index (κ3) is 2.05. The first-order valence-electron chi connectivity index (χ1n) is 7.54. The van der Waals surface area contributed by atoms with Gasteiger partial charge in [-0.3, -0.25) is 4.79 Å². The minimum atomic E-state index is -2.49. The molecule has 1 aromatic rings. The van der Waals surface area contributed by atoms with Crippen LogP contribution < -0.4 is 4.90 Å². The van der Waals surface area contributed by atoms with Gasteiger partial charge in [0.05, 0.1) is 18.0 Å². The second kappa shape index (κ2) is 5.53. The second-order valence-electron chi connectivity index (χ2n) is 5.91. The number of para-hydroxylation sites is 1. The number of anilines is 1. The van der Waals surface area contributed by atoms with Gasteiger partial charge in [0.1, 0.15) is 5.41 Å². The maximum atomic E-state index is 12.4. The highest BCUT2D eigenvalue weighted by Crippen LogP contribution is 2.49. The van der Waals surface area contributed by atoms with Gasteiger partial charge in [-0.05, 0) is 18.1 Å². The van der Waals surface area contributed by atoms with Crippen molar-refractivity contribution in [3.05, 3.63) is 42.0 Å². The van der Waals surface area contributed by atoms with Gasteiger partial charge in [0.25, 0.3) is 0 Å². The van der Waals surface area contributed by atoms with E-state index in [2.05, 4.69) is 4.90 Å². The Morgan fingerprint density at radius 3 is 2.65 bits per heavy atom. The van der Waals surface area contributed by atoms with Crippen LogP contribution in [0.3, 0.4) is 0 Å². The summed E-state index contributed by atoms with van der Waals surface area (Å²) in [4.78, 5) is 14.7. The van der Waals surface area contributed by atoms with E-state index in [9.17, 15) is 13.2 Å². The summed E-state index contributed by atoms with van der Waals surface area (Å²) >= 11 is 0. The van der Waals surface area contributed by atoms with E-state index in [1.807, 2.05) is 37.4 Å². The summed E-state index contributed by atoms with van der Waals surface area (Å²) in [6.45, 7) is 1.80. The number of methoxy groups -OCH3 is 1. The largest absolute Gasteiger partial charge is 0.468 e. The van der Waals surface area contributed by atoms with Crippen LogP contribution in [-0.4, -0.2) is 39.5 Å². The molecule has 0 aromatic heterocycles. The number of carbonyl (C=O) groups is 1. The molecule has 5 nitrogen and oxygen atoms in total. The van der Waals surface area contributed by atoms with Gasteiger partial charge in [-0.1, -0.05) is 37.3 Å². The number of hydrogen-bond acceptors (Lipinski definition) is 5. The fourth-order valence-corrected chi connectivity index (χ4v) is 4.91. The molecule has 1 aromatic carbocycles. The standard InChI is InChI=1S/C17H19NO4S/c1-4-17(16(19)22-3)10-9-13-14(15(17)23(20)21)11-7-5-6-8-12(11)18(13)2/h5-10,13-14H,4H2,1-3H3. The minimum Gasteiger partial charge on any atom is -0.468 e. The van der Waals surface area contributed by atoms with Gasteiger partial charge in [-0.2, -0.15) is 8.42 Å². The normalized spacial score (nSPS) is 28.3. The highest BCUT2D eigenvalue weighted by atomic mass is 32.2. The lowest BCUT2D eigenvalue weighted by molar-refractivity contribution is -0.146. The van der Waals surface area contributed by atoms with Crippen molar-refractivity contribution >= 4 is 26.8 Å². The van der Waals surface area contributed by atoms with Crippen molar-refractivity contribution in [3.8, 4) is 0 Å². The zero-order valence-corrected chi connectivity index (χ0v) is 14.1. The molecule has 23 heavy (non-hydrogen) atoms. The van der Waals surface area contributed by atoms with E-state index in [0.717, 1.165) is 11.3 Å². The summed E-state index contributed by atoms with van der Waals surface area (Å²) in [5, 5.41) is 0. The zero-order valence-electron chi connectivity index (χ0n) is 13.3. The lowest BCUT2D eigenvalue weighted by Gasteiger charge is -2.37. The predicted octanol–water partition coefficient (Wildman–Crippen LogP) is 1.78. The first kappa shape index (κ1) is 15.8. The highest BCUT2D eigenvalue weighted by Gasteiger charge is 2.53. The van der Waals surface area contributed by atoms with Gasteiger partial charge < -0.3 is 9.64 Å². The van der Waals surface area contributed by atoms with Crippen molar-refractivity contribution in [1.82, 2.24) is 0 Å². The number of hydrogen-bond donors (Lipinski definition) is 0. The van der Waals surface area contributed by atoms with E-state index in [1.165, 1.54) is 7.11 Å². The lowest BCUT2D eigenvalue weighted by atomic mass is 9.69. The molecular weight excluding hydrogens is 314 g/mol. The first-order chi connectivity index (χ1) is 11.0. The number of likely N-dealkylation sites (N-methyl/N-ethyl adjacent to an activating group) is 1. The van der Waals surface area contributed by atoms with Gasteiger partial charge in [0.15, 0.2) is 0 Å². The van der Waals surface area contributed by atoms with E-state index >= 15 is 0 Å². The molecular formula is C17H19NO4S. The SMILES string of the molecule is CCC1(C(=O)OC)C=CC2C(C1=S(=O)=O)c1ccccc1N2C. The predicted molar refractivity (Wildman–Crippen MR) is 89.2 cm³/mol. The van der Waals surface area contributed by atoms with E-state index in [1.54, 1.807) is 13.0 Å². The summed E-state index contributed by atoms with van der Waals surface area (Å²) in [6, 6.07) is 7.62. The molecule has 0 saturated carbocycles. The van der Waals surface area contributed by atoms with Crippen LogP contribution in [0.1, 0.15) is 24.8 Å². The van der Waals surface area contributed by atoms with Crippen LogP contribution in [0.2, 0.25) is 0 Å². The minimum absolute atomic E-state index is 0.107. The Bertz CT molecular complexity index is 819. The van der Waals surface area contributed by atoms with E-state index in [0.29, 0.717) is 6.42 Å². The Balaban J connectivity index is 2.31. The molecule has 0 spiro atoms. The Kier molecular flexibility index (Phi) is 3.80. The topological polar surface area (TPSA) is 63.7 Å². The van der Waals surface area contributed by atoms with Crippen LogP contribution >= 0.6 is 0 Å². The first-order valence-corrected chi connectivity index (χ1v) is 8.61. The fourth-order valence-electron chi connectivity index (χ4n) is 3.84. The number of ether oxygens (including phenoxy) is 1. The van der Waals surface area contributed by atoms with Gasteiger partial charge in [0, 0.05) is 18.7 Å². The molecule has 0 radical (unpaired) electrons. The van der Waals surface area contributed by atoms with Crippen LogP contribution in [0.15, 0.2) is 36.4 Å². The second-order valence-corrected chi connectivity index (χ2v) is 6.82. The molecule has 122 valence electrons. The molecule has 0 fully saturated rings. The van der Waals surface area contributed by atoms with Crippen LogP contribution in [0, 0.1) is 5.41 Å². The summed E-state index contributed by atoms with van der Waals surface area (Å²) in [6.07, 6.45) is 3.98. The molecule has 1 aliphatic carbocycles. The molecule has 3 atom stereocenters. The summed E-state index contributed by atoms with van der Waals surface area (Å²) < 4.78 is 29.2. The Hall–Kier alpha value is -2.08. The Morgan fingerprint density at radius 2 is 2.04 bits per heavy atom. The number of rotatable bonds is 2. The van der Waals surface area contributed by atoms with Crippen molar-refractivity contribution in [2.75, 3.05) is 19.1 Å². The van der Waals surface area contributed by atoms with Crippen molar-refractivity contribution in [1.29, 1.82) is 0 Å². The van der Waals surface area contributed by atoms with Crippen LogP contribution in [0.25, 0.3) is 0 Å². The van der Waals surface area contributed by atoms with Crippen molar-refractivity contribution < 1.29 is 17.9 Å². The van der Waals surface area contributed by atoms with Crippen LogP contribution in [0.5, 0.6) is 0 Å². The lowest BCUT2D eigenvalue weighted by Crippen LogP contribution is -2.48. The molecule has 0 bridgehead atoms. The Morgan fingerprint density at radius 1 is 1.35 bits per heavy atom. The van der Waals surface area contributed by atoms with Gasteiger partial charge in [0.2, 0.25) is 10.3 Å². The molecule has 2 aliphatic rings. The van der Waals surface area contributed by atoms with Crippen molar-refractivity contribution in [3.63, 3.8) is 0 Å². The van der Waals surface area contributed by atoms with Gasteiger partial charge >= 0.3 is 5.97 Å². The molecule has 0 saturated heterocycles. The molecule has 3 rings (SSSR count). The summed E-state index contributed by atoms with van der Waals surface area (Å²) in [7, 11) is 0.744. The average Bonchev–Trinajstić information content (AvgIpc) is 2.86. The number of esters is 1. The van der Waals surface area contributed by atoms with E-state index in [4.69, 9.17) is 4.74 Å². The number of carbonyl (C=O) groups excluding carboxylic acids is 1. The van der Waals surface area contributed by atoms with E-state index in [-0.39, 0.29) is 16.8 Å². The molecule has 3 unspecified atom stereocenters. The molecule has 1 heterocycles. The summed E-state index contributed by atoms with van der Waals surface area (Å²) in [5.74, 6) is -0.889. The highest BCUT2D eigenvalue weighted by molar-refractivity contribution is 7.73. The third-order valence-corrected chi connectivity index (χ3v) is 6.00. The van der Waals surface area contributed by atoms with Crippen molar-refractivity contribution in [2.45, 2.75) is 25.3 Å². The van der Waals surface area contributed by atoms with Crippen molar-refractivity contribution in [2.24, 2.45) is 5.41 Å². The van der Waals surface area contributed by atoms with E-state index < -0.39 is 21.7 Å². The Labute approximate surface area is 137 Å². The van der Waals surface area contributed by atoms with Crippen LogP contribution in [-0.2, 0) is 19.8 Å². The summed E-state index contributed by atoms with van der Waals surface area (Å²) in [5.41, 5.74) is 0.707. The number of fused-ring (bicyclic) bond motifs is 3. The maximum Gasteiger partial charge on any atom is 0.320 e. The zero-order chi connectivity index (χ0) is 16.8. The molecule has 0 N–H and O–H groups in total. The molecule has 1 aliphatic heterocycles. The van der Waals surface area contributed by atoms with Crippen LogP contribution in [0.4, 0.5) is 5.69 Å². The molecule has 6 heteroatoms. The molecule has 0 amide bonds. The van der Waals surface area contributed by atoms with Gasteiger partial charge in [-0.25, -0.2) is 0 Å². The quantitative estimate of drug-likeness (QED) is 0.469. The monoisotopic (exact) mass is 333 g/mol. The number of nitrogens with zero attached hydrogens (tertiary/aromatic N) is 1. The fraction of sp³-hybridized carbons (Fsp3) is 0.412. The van der Waals surface area contributed by atoms with Gasteiger partial charge in [-0.15, -0.1) is 0 Å². The smallest absolute Gasteiger partial charge is 0.320 e. The maximum absolute atomic E-state index is 12.4. The average molecular weight is 333 g/mol. The third-order valence-electron chi connectivity index (χ3n) is 5.03.